The van der Waals surface area contributed by atoms with E-state index in [2.05, 4.69) is 20.8 Å². The molecule has 1 aliphatic heterocycles. The summed E-state index contributed by atoms with van der Waals surface area (Å²) in [4.78, 5) is 25.6. The second kappa shape index (κ2) is 8.86. The molecule has 0 saturated carbocycles. The van der Waals surface area contributed by atoms with E-state index in [1.165, 1.54) is 0 Å². The molecule has 30 heavy (non-hydrogen) atoms. The van der Waals surface area contributed by atoms with Crippen molar-refractivity contribution in [2.24, 2.45) is 0 Å². The number of amides is 3. The zero-order valence-corrected chi connectivity index (χ0v) is 16.9. The average molecular weight is 407 g/mol. The van der Waals surface area contributed by atoms with Gasteiger partial charge in [-0.05, 0) is 48.2 Å². The summed E-state index contributed by atoms with van der Waals surface area (Å²) >= 11 is 0. The van der Waals surface area contributed by atoms with Crippen LogP contribution in [0.4, 0.5) is 10.6 Å². The zero-order valence-electron chi connectivity index (χ0n) is 16.9. The van der Waals surface area contributed by atoms with Crippen molar-refractivity contribution < 1.29 is 14.3 Å². The van der Waals surface area contributed by atoms with Gasteiger partial charge in [0.15, 0.2) is 5.82 Å². The number of ether oxygens (including phenoxy) is 1. The van der Waals surface area contributed by atoms with Crippen LogP contribution in [0.1, 0.15) is 19.3 Å². The molecule has 1 fully saturated rings. The normalized spacial score (nSPS) is 13.6. The van der Waals surface area contributed by atoms with Crippen molar-refractivity contribution in [2.45, 2.75) is 19.3 Å². The molecular formula is C22H25N5O3. The smallest absolute Gasteiger partial charge is 0.320 e. The number of hydrogen-bond acceptors (Lipinski definition) is 4. The highest BCUT2D eigenvalue weighted by Crippen LogP contribution is 2.28. The number of aromatic amines is 1. The number of benzene rings is 2. The molecule has 0 aliphatic carbocycles. The Morgan fingerprint density at radius 3 is 2.73 bits per heavy atom. The Hall–Kier alpha value is -3.55. The van der Waals surface area contributed by atoms with Crippen LogP contribution in [0.5, 0.6) is 5.75 Å². The maximum atomic E-state index is 12.2. The van der Waals surface area contributed by atoms with E-state index >= 15 is 0 Å². The lowest BCUT2D eigenvalue weighted by Crippen LogP contribution is -2.33. The summed E-state index contributed by atoms with van der Waals surface area (Å²) in [6.07, 6.45) is 2.30. The first-order valence-corrected chi connectivity index (χ1v) is 10.1. The van der Waals surface area contributed by atoms with Gasteiger partial charge in [-0.2, -0.15) is 5.10 Å². The van der Waals surface area contributed by atoms with Crippen LogP contribution < -0.4 is 15.4 Å². The summed E-state index contributed by atoms with van der Waals surface area (Å²) < 4.78 is 5.20. The molecule has 2 heterocycles. The van der Waals surface area contributed by atoms with Crippen LogP contribution in [-0.4, -0.2) is 53.8 Å². The first kappa shape index (κ1) is 19.8. The van der Waals surface area contributed by atoms with Gasteiger partial charge >= 0.3 is 6.03 Å². The van der Waals surface area contributed by atoms with Gasteiger partial charge in [0.1, 0.15) is 5.75 Å². The third-order valence-electron chi connectivity index (χ3n) is 5.28. The fourth-order valence-electron chi connectivity index (χ4n) is 3.64. The number of fused-ring (bicyclic) bond motifs is 1. The molecule has 8 heteroatoms. The van der Waals surface area contributed by atoms with Crippen LogP contribution in [0.2, 0.25) is 0 Å². The summed E-state index contributed by atoms with van der Waals surface area (Å²) in [5, 5.41) is 13.6. The van der Waals surface area contributed by atoms with Gasteiger partial charge in [0.25, 0.3) is 0 Å². The fourth-order valence-corrected chi connectivity index (χ4v) is 3.64. The number of rotatable bonds is 7. The number of urea groups is 1. The molecule has 1 aliphatic rings. The van der Waals surface area contributed by atoms with Crippen molar-refractivity contribution in [3.63, 3.8) is 0 Å². The number of carbonyl (C=O) groups excluding carboxylic acids is 2. The Kier molecular flexibility index (Phi) is 5.83. The minimum Gasteiger partial charge on any atom is -0.497 e. The highest BCUT2D eigenvalue weighted by molar-refractivity contribution is 6.00. The summed E-state index contributed by atoms with van der Waals surface area (Å²) in [5.74, 6) is 1.50. The molecule has 2 aromatic carbocycles. The largest absolute Gasteiger partial charge is 0.497 e. The lowest BCUT2D eigenvalue weighted by molar-refractivity contribution is -0.127. The number of methoxy groups -OCH3 is 1. The van der Waals surface area contributed by atoms with Gasteiger partial charge < -0.3 is 15.0 Å². The van der Waals surface area contributed by atoms with Gasteiger partial charge in [0.05, 0.1) is 12.6 Å². The maximum Gasteiger partial charge on any atom is 0.320 e. The highest BCUT2D eigenvalue weighted by Gasteiger charge is 2.19. The number of nitrogens with zero attached hydrogens (tertiary/aromatic N) is 2. The monoisotopic (exact) mass is 407 g/mol. The molecule has 3 amide bonds. The summed E-state index contributed by atoms with van der Waals surface area (Å²) in [5.41, 5.74) is 2.95. The molecule has 0 spiro atoms. The van der Waals surface area contributed by atoms with Crippen molar-refractivity contribution in [2.75, 3.05) is 32.1 Å². The minimum absolute atomic E-state index is 0.205. The average Bonchev–Trinajstić information content (AvgIpc) is 3.36. The van der Waals surface area contributed by atoms with Crippen LogP contribution in [0.25, 0.3) is 22.0 Å². The van der Waals surface area contributed by atoms with Crippen LogP contribution in [0, 0.1) is 0 Å². The van der Waals surface area contributed by atoms with E-state index in [0.717, 1.165) is 47.2 Å². The quantitative estimate of drug-likeness (QED) is 0.523. The Balaban J connectivity index is 1.33. The van der Waals surface area contributed by atoms with Crippen LogP contribution >= 0.6 is 0 Å². The Morgan fingerprint density at radius 2 is 2.00 bits per heavy atom. The number of aromatic nitrogens is 2. The SMILES string of the molecule is COc1ccc(-c2ccc3c(NC(=O)NCCCN4CCCC4=O)n[nH]c3c2)cc1. The number of nitrogens with one attached hydrogen (secondary N) is 3. The van der Waals surface area contributed by atoms with Crippen LogP contribution in [0.3, 0.4) is 0 Å². The molecule has 0 unspecified atom stereocenters. The standard InChI is InChI=1S/C22H25N5O3/c1-30-17-8-5-15(6-9-17)16-7-10-18-19(14-16)25-26-21(18)24-22(29)23-11-3-13-27-12-2-4-20(27)28/h5-10,14H,2-4,11-13H2,1H3,(H3,23,24,25,26,29). The number of carbonyl (C=O) groups is 2. The molecule has 4 rings (SSSR count). The second-order valence-electron chi connectivity index (χ2n) is 7.28. The van der Waals surface area contributed by atoms with Crippen molar-refractivity contribution in [1.29, 1.82) is 0 Å². The van der Waals surface area contributed by atoms with Gasteiger partial charge in [-0.1, -0.05) is 18.2 Å². The predicted octanol–water partition coefficient (Wildman–Crippen LogP) is 3.37. The minimum atomic E-state index is -0.310. The Bertz CT molecular complexity index is 1040. The summed E-state index contributed by atoms with van der Waals surface area (Å²) in [6.45, 7) is 2.00. The predicted molar refractivity (Wildman–Crippen MR) is 116 cm³/mol. The second-order valence-corrected chi connectivity index (χ2v) is 7.28. The maximum absolute atomic E-state index is 12.2. The van der Waals surface area contributed by atoms with Crippen molar-refractivity contribution in [3.8, 4) is 16.9 Å². The first-order chi connectivity index (χ1) is 14.6. The first-order valence-electron chi connectivity index (χ1n) is 10.1. The Morgan fingerprint density at radius 1 is 1.20 bits per heavy atom. The fraction of sp³-hybridized carbons (Fsp3) is 0.318. The molecule has 0 atom stereocenters. The van der Waals surface area contributed by atoms with E-state index in [9.17, 15) is 9.59 Å². The molecule has 1 aromatic heterocycles. The zero-order chi connectivity index (χ0) is 20.9. The highest BCUT2D eigenvalue weighted by atomic mass is 16.5. The number of anilines is 1. The van der Waals surface area contributed by atoms with Crippen molar-refractivity contribution in [1.82, 2.24) is 20.4 Å². The molecular weight excluding hydrogens is 382 g/mol. The van der Waals surface area contributed by atoms with Crippen molar-refractivity contribution >= 4 is 28.7 Å². The number of H-pyrrole nitrogens is 1. The van der Waals surface area contributed by atoms with E-state index in [4.69, 9.17) is 4.74 Å². The number of likely N-dealkylation sites (tertiary alicyclic amines) is 1. The molecule has 0 radical (unpaired) electrons. The van der Waals surface area contributed by atoms with E-state index in [1.54, 1.807) is 7.11 Å². The third kappa shape index (κ3) is 4.37. The molecule has 1 saturated heterocycles. The van der Waals surface area contributed by atoms with Gasteiger partial charge in [-0.25, -0.2) is 4.79 Å². The van der Waals surface area contributed by atoms with Gasteiger partial charge in [0.2, 0.25) is 5.91 Å². The van der Waals surface area contributed by atoms with E-state index < -0.39 is 0 Å². The van der Waals surface area contributed by atoms with E-state index in [0.29, 0.717) is 25.3 Å². The summed E-state index contributed by atoms with van der Waals surface area (Å²) in [7, 11) is 1.64. The molecule has 8 nitrogen and oxygen atoms in total. The lowest BCUT2D eigenvalue weighted by atomic mass is 10.0. The molecule has 3 N–H and O–H groups in total. The van der Waals surface area contributed by atoms with Gasteiger partial charge in [-0.3, -0.25) is 15.2 Å². The van der Waals surface area contributed by atoms with Crippen LogP contribution in [-0.2, 0) is 4.79 Å². The lowest BCUT2D eigenvalue weighted by Gasteiger charge is -2.15. The van der Waals surface area contributed by atoms with Gasteiger partial charge in [0, 0.05) is 31.4 Å². The molecule has 156 valence electrons. The Labute approximate surface area is 174 Å². The topological polar surface area (TPSA) is 99.3 Å². The molecule has 3 aromatic rings. The summed E-state index contributed by atoms with van der Waals surface area (Å²) in [6, 6.07) is 13.5. The molecule has 0 bridgehead atoms. The van der Waals surface area contributed by atoms with Crippen molar-refractivity contribution in [3.05, 3.63) is 42.5 Å². The van der Waals surface area contributed by atoms with E-state index in [1.807, 2.05) is 47.4 Å². The van der Waals surface area contributed by atoms with Crippen LogP contribution in [0.15, 0.2) is 42.5 Å². The number of hydrogen-bond donors (Lipinski definition) is 3. The van der Waals surface area contributed by atoms with Gasteiger partial charge in [-0.15, -0.1) is 0 Å². The van der Waals surface area contributed by atoms with E-state index in [-0.39, 0.29) is 11.9 Å². The third-order valence-corrected chi connectivity index (χ3v) is 5.28.